The van der Waals surface area contributed by atoms with E-state index in [0.29, 0.717) is 0 Å². The molecule has 0 saturated heterocycles. The third-order valence-electron chi connectivity index (χ3n) is 2.82. The number of hydrogen-bond acceptors (Lipinski definition) is 2. The van der Waals surface area contributed by atoms with Gasteiger partial charge in [-0.3, -0.25) is 0 Å². The quantitative estimate of drug-likeness (QED) is 0.872. The van der Waals surface area contributed by atoms with E-state index < -0.39 is 17.2 Å². The molecule has 0 aliphatic heterocycles. The van der Waals surface area contributed by atoms with E-state index in [0.717, 1.165) is 0 Å². The van der Waals surface area contributed by atoms with Crippen molar-refractivity contribution in [3.8, 4) is 0 Å². The van der Waals surface area contributed by atoms with Gasteiger partial charge in [0.1, 0.15) is 5.60 Å². The van der Waals surface area contributed by atoms with Gasteiger partial charge in [-0.15, -0.1) is 0 Å². The van der Waals surface area contributed by atoms with Gasteiger partial charge in [0.15, 0.2) is 11.6 Å². The molecule has 102 valence electrons. The molecule has 1 aromatic rings. The Kier molecular flexibility index (Phi) is 4.13. The normalized spacial score (nSPS) is 15.6. The van der Waals surface area contributed by atoms with E-state index in [4.69, 9.17) is 0 Å². The second-order valence-corrected chi connectivity index (χ2v) is 5.94. The fourth-order valence-electron chi connectivity index (χ4n) is 1.59. The van der Waals surface area contributed by atoms with Crippen LogP contribution in [0.1, 0.15) is 38.8 Å². The van der Waals surface area contributed by atoms with Crippen LogP contribution in [0.25, 0.3) is 0 Å². The zero-order chi connectivity index (χ0) is 14.1. The SMILES string of the molecule is Cc1ccc(C(C)(O)CNC(C)(C)C)c(F)c1F. The van der Waals surface area contributed by atoms with Gasteiger partial charge in [-0.25, -0.2) is 8.78 Å². The molecule has 0 aromatic heterocycles. The van der Waals surface area contributed by atoms with Gasteiger partial charge in [-0.1, -0.05) is 12.1 Å². The average molecular weight is 257 g/mol. The smallest absolute Gasteiger partial charge is 0.165 e. The van der Waals surface area contributed by atoms with Crippen LogP contribution in [0.4, 0.5) is 8.78 Å². The van der Waals surface area contributed by atoms with E-state index in [-0.39, 0.29) is 23.2 Å². The lowest BCUT2D eigenvalue weighted by Gasteiger charge is -2.30. The third-order valence-corrected chi connectivity index (χ3v) is 2.82. The Hall–Kier alpha value is -1.00. The first-order chi connectivity index (χ1) is 8.04. The largest absolute Gasteiger partial charge is 0.384 e. The highest BCUT2D eigenvalue weighted by Gasteiger charge is 2.29. The summed E-state index contributed by atoms with van der Waals surface area (Å²) in [6, 6.07) is 2.90. The van der Waals surface area contributed by atoms with Gasteiger partial charge in [0.25, 0.3) is 0 Å². The van der Waals surface area contributed by atoms with E-state index in [1.54, 1.807) is 0 Å². The molecule has 0 saturated carbocycles. The lowest BCUT2D eigenvalue weighted by Crippen LogP contribution is -2.45. The fourth-order valence-corrected chi connectivity index (χ4v) is 1.59. The molecule has 0 amide bonds. The van der Waals surface area contributed by atoms with Crippen molar-refractivity contribution < 1.29 is 13.9 Å². The monoisotopic (exact) mass is 257 g/mol. The number of aliphatic hydroxyl groups is 1. The van der Waals surface area contributed by atoms with Crippen LogP contribution >= 0.6 is 0 Å². The molecule has 0 fully saturated rings. The van der Waals surface area contributed by atoms with Crippen molar-refractivity contribution in [2.45, 2.75) is 45.8 Å². The number of benzene rings is 1. The van der Waals surface area contributed by atoms with E-state index >= 15 is 0 Å². The lowest BCUT2D eigenvalue weighted by molar-refractivity contribution is 0.0459. The topological polar surface area (TPSA) is 32.3 Å². The molecule has 1 atom stereocenters. The summed E-state index contributed by atoms with van der Waals surface area (Å²) in [6.07, 6.45) is 0. The van der Waals surface area contributed by atoms with Crippen LogP contribution in [-0.2, 0) is 5.60 Å². The number of hydrogen-bond donors (Lipinski definition) is 2. The predicted molar refractivity (Wildman–Crippen MR) is 68.4 cm³/mol. The molecule has 1 unspecified atom stereocenters. The highest BCUT2D eigenvalue weighted by molar-refractivity contribution is 5.29. The first kappa shape index (κ1) is 15.1. The number of rotatable bonds is 3. The van der Waals surface area contributed by atoms with Crippen LogP contribution in [0.2, 0.25) is 0 Å². The summed E-state index contributed by atoms with van der Waals surface area (Å²) in [5.74, 6) is -1.88. The summed E-state index contributed by atoms with van der Waals surface area (Å²) in [7, 11) is 0. The summed E-state index contributed by atoms with van der Waals surface area (Å²) < 4.78 is 27.3. The Bertz CT molecular complexity index is 436. The predicted octanol–water partition coefficient (Wildman–Crippen LogP) is 2.87. The zero-order valence-corrected chi connectivity index (χ0v) is 11.6. The summed E-state index contributed by atoms with van der Waals surface area (Å²) in [4.78, 5) is 0. The first-order valence-corrected chi connectivity index (χ1v) is 5.97. The Morgan fingerprint density at radius 1 is 1.11 bits per heavy atom. The van der Waals surface area contributed by atoms with E-state index in [9.17, 15) is 13.9 Å². The van der Waals surface area contributed by atoms with Crippen molar-refractivity contribution in [1.82, 2.24) is 5.32 Å². The fraction of sp³-hybridized carbons (Fsp3) is 0.571. The Morgan fingerprint density at radius 3 is 2.17 bits per heavy atom. The molecular formula is C14H21F2NO. The minimum Gasteiger partial charge on any atom is -0.384 e. The van der Waals surface area contributed by atoms with Gasteiger partial charge in [-0.2, -0.15) is 0 Å². The van der Waals surface area contributed by atoms with Crippen LogP contribution in [0.15, 0.2) is 12.1 Å². The summed E-state index contributed by atoms with van der Waals surface area (Å²) in [6.45, 7) is 8.93. The average Bonchev–Trinajstić information content (AvgIpc) is 2.22. The number of aryl methyl sites for hydroxylation is 1. The van der Waals surface area contributed by atoms with Crippen molar-refractivity contribution in [2.24, 2.45) is 0 Å². The lowest BCUT2D eigenvalue weighted by atomic mass is 9.93. The molecule has 1 rings (SSSR count). The zero-order valence-electron chi connectivity index (χ0n) is 11.6. The summed E-state index contributed by atoms with van der Waals surface area (Å²) in [5.41, 5.74) is -1.45. The van der Waals surface area contributed by atoms with Crippen LogP contribution in [-0.4, -0.2) is 17.2 Å². The third kappa shape index (κ3) is 3.50. The highest BCUT2D eigenvalue weighted by Crippen LogP contribution is 2.26. The van der Waals surface area contributed by atoms with Crippen LogP contribution < -0.4 is 5.32 Å². The van der Waals surface area contributed by atoms with Gasteiger partial charge < -0.3 is 10.4 Å². The minimum atomic E-state index is -1.45. The van der Waals surface area contributed by atoms with Crippen molar-refractivity contribution >= 4 is 0 Å². The molecule has 0 aliphatic carbocycles. The first-order valence-electron chi connectivity index (χ1n) is 5.97. The maximum atomic E-state index is 13.8. The maximum Gasteiger partial charge on any atom is 0.165 e. The van der Waals surface area contributed by atoms with E-state index in [1.165, 1.54) is 26.0 Å². The molecule has 0 spiro atoms. The Balaban J connectivity index is 3.02. The van der Waals surface area contributed by atoms with E-state index in [1.807, 2.05) is 20.8 Å². The minimum absolute atomic E-state index is 0.0256. The van der Waals surface area contributed by atoms with E-state index in [2.05, 4.69) is 5.32 Å². The van der Waals surface area contributed by atoms with Crippen molar-refractivity contribution in [2.75, 3.05) is 6.54 Å². The molecule has 4 heteroatoms. The molecular weight excluding hydrogens is 236 g/mol. The summed E-state index contributed by atoms with van der Waals surface area (Å²) >= 11 is 0. The molecule has 1 aromatic carbocycles. The van der Waals surface area contributed by atoms with Gasteiger partial charge >= 0.3 is 0 Å². The molecule has 0 aliphatic rings. The number of β-amino-alcohol motifs (C(OH)–C–C–N with tert-alkyl or cyclic N) is 1. The molecule has 2 N–H and O–H groups in total. The highest BCUT2D eigenvalue weighted by atomic mass is 19.2. The van der Waals surface area contributed by atoms with Crippen LogP contribution in [0, 0.1) is 18.6 Å². The van der Waals surface area contributed by atoms with Crippen LogP contribution in [0.3, 0.4) is 0 Å². The number of nitrogens with one attached hydrogen (secondary N) is 1. The Labute approximate surface area is 107 Å². The second kappa shape index (κ2) is 4.94. The molecule has 0 heterocycles. The van der Waals surface area contributed by atoms with Crippen molar-refractivity contribution in [1.29, 1.82) is 0 Å². The molecule has 2 nitrogen and oxygen atoms in total. The standard InChI is InChI=1S/C14H21F2NO/c1-9-6-7-10(12(16)11(9)15)14(5,18)8-17-13(2,3)4/h6-7,17-18H,8H2,1-5H3. The Morgan fingerprint density at radius 2 is 1.67 bits per heavy atom. The van der Waals surface area contributed by atoms with Crippen LogP contribution in [0.5, 0.6) is 0 Å². The second-order valence-electron chi connectivity index (χ2n) is 5.94. The molecule has 0 radical (unpaired) electrons. The van der Waals surface area contributed by atoms with Gasteiger partial charge in [0, 0.05) is 17.6 Å². The summed E-state index contributed by atoms with van der Waals surface area (Å²) in [5, 5.41) is 13.4. The van der Waals surface area contributed by atoms with Gasteiger partial charge in [0.05, 0.1) is 0 Å². The van der Waals surface area contributed by atoms with Crippen molar-refractivity contribution in [3.05, 3.63) is 34.9 Å². The van der Waals surface area contributed by atoms with Crippen molar-refractivity contribution in [3.63, 3.8) is 0 Å². The molecule has 0 bridgehead atoms. The maximum absolute atomic E-state index is 13.8. The number of halogens is 2. The van der Waals surface area contributed by atoms with Gasteiger partial charge in [-0.05, 0) is 40.2 Å². The van der Waals surface area contributed by atoms with Gasteiger partial charge in [0.2, 0.25) is 0 Å². The molecule has 18 heavy (non-hydrogen) atoms.